The van der Waals surface area contributed by atoms with Crippen LogP contribution in [0.3, 0.4) is 0 Å². The van der Waals surface area contributed by atoms with Crippen LogP contribution in [0.25, 0.3) is 0 Å². The molecule has 1 aromatic carbocycles. The van der Waals surface area contributed by atoms with Crippen LogP contribution in [0, 0.1) is 6.92 Å². The molecule has 1 amide bonds. The standard InChI is InChI=1S/C14H13ClN2O3/c1-8-3-4-10(6-11(8)14(19)20)16-13(18)12-5-9(15)7-17(12)2/h3-7H,1-2H3,(H,16,18)(H,19,20). The molecule has 0 spiro atoms. The van der Waals surface area contributed by atoms with Gasteiger partial charge in [-0.2, -0.15) is 0 Å². The van der Waals surface area contributed by atoms with Crippen LogP contribution in [0.5, 0.6) is 0 Å². The topological polar surface area (TPSA) is 71.3 Å². The summed E-state index contributed by atoms with van der Waals surface area (Å²) in [5.41, 5.74) is 1.62. The van der Waals surface area contributed by atoms with Crippen molar-refractivity contribution in [3.05, 3.63) is 52.3 Å². The Morgan fingerprint density at radius 1 is 1.30 bits per heavy atom. The van der Waals surface area contributed by atoms with Gasteiger partial charge in [-0.3, -0.25) is 4.79 Å². The average Bonchev–Trinajstić information content (AvgIpc) is 2.70. The van der Waals surface area contributed by atoms with E-state index in [2.05, 4.69) is 5.32 Å². The number of nitrogens with one attached hydrogen (secondary N) is 1. The zero-order chi connectivity index (χ0) is 14.9. The molecular weight excluding hydrogens is 280 g/mol. The van der Waals surface area contributed by atoms with Crippen molar-refractivity contribution in [3.8, 4) is 0 Å². The summed E-state index contributed by atoms with van der Waals surface area (Å²) >= 11 is 5.82. The molecule has 0 radical (unpaired) electrons. The number of carbonyl (C=O) groups is 2. The van der Waals surface area contributed by atoms with Crippen molar-refractivity contribution >= 4 is 29.2 Å². The Morgan fingerprint density at radius 2 is 2.00 bits per heavy atom. The van der Waals surface area contributed by atoms with E-state index in [1.54, 1.807) is 42.9 Å². The summed E-state index contributed by atoms with van der Waals surface area (Å²) in [5, 5.41) is 12.2. The largest absolute Gasteiger partial charge is 0.478 e. The summed E-state index contributed by atoms with van der Waals surface area (Å²) in [6.07, 6.45) is 1.62. The normalized spacial score (nSPS) is 10.3. The molecule has 0 fully saturated rings. The zero-order valence-corrected chi connectivity index (χ0v) is 11.7. The molecule has 0 saturated heterocycles. The maximum Gasteiger partial charge on any atom is 0.336 e. The summed E-state index contributed by atoms with van der Waals surface area (Å²) in [6.45, 7) is 1.70. The number of aromatic nitrogens is 1. The Hall–Kier alpha value is -2.27. The average molecular weight is 293 g/mol. The van der Waals surface area contributed by atoms with Crippen molar-refractivity contribution in [1.82, 2.24) is 4.57 Å². The van der Waals surface area contributed by atoms with Crippen molar-refractivity contribution in [3.63, 3.8) is 0 Å². The Balaban J connectivity index is 2.26. The number of nitrogens with zero attached hydrogens (tertiary/aromatic N) is 1. The van der Waals surface area contributed by atoms with E-state index in [9.17, 15) is 9.59 Å². The molecule has 0 saturated carbocycles. The number of carboxylic acid groups (broad SMARTS) is 1. The number of anilines is 1. The number of aryl methyl sites for hydroxylation is 2. The second kappa shape index (κ2) is 5.38. The Labute approximate surface area is 120 Å². The lowest BCUT2D eigenvalue weighted by atomic mass is 10.1. The number of benzene rings is 1. The van der Waals surface area contributed by atoms with Crippen LogP contribution >= 0.6 is 11.6 Å². The van der Waals surface area contributed by atoms with Gasteiger partial charge in [-0.1, -0.05) is 17.7 Å². The molecule has 6 heteroatoms. The van der Waals surface area contributed by atoms with Crippen LogP contribution in [0.4, 0.5) is 5.69 Å². The van der Waals surface area contributed by atoms with Gasteiger partial charge in [-0.05, 0) is 30.7 Å². The molecule has 0 bridgehead atoms. The molecule has 0 aliphatic rings. The first-order valence-corrected chi connectivity index (χ1v) is 6.23. The first kappa shape index (κ1) is 14.1. The molecular formula is C14H13ClN2O3. The molecule has 2 rings (SSSR count). The number of hydrogen-bond donors (Lipinski definition) is 2. The van der Waals surface area contributed by atoms with Gasteiger partial charge in [-0.15, -0.1) is 0 Å². The molecule has 20 heavy (non-hydrogen) atoms. The van der Waals surface area contributed by atoms with E-state index < -0.39 is 5.97 Å². The van der Waals surface area contributed by atoms with Gasteiger partial charge in [0.2, 0.25) is 0 Å². The fourth-order valence-electron chi connectivity index (χ4n) is 1.88. The van der Waals surface area contributed by atoms with Crippen LogP contribution in [0.15, 0.2) is 30.5 Å². The predicted molar refractivity (Wildman–Crippen MR) is 76.5 cm³/mol. The molecule has 2 N–H and O–H groups in total. The molecule has 0 aliphatic carbocycles. The maximum absolute atomic E-state index is 12.1. The highest BCUT2D eigenvalue weighted by Gasteiger charge is 2.13. The van der Waals surface area contributed by atoms with Gasteiger partial charge >= 0.3 is 5.97 Å². The van der Waals surface area contributed by atoms with Crippen LogP contribution in [0.1, 0.15) is 26.4 Å². The summed E-state index contributed by atoms with van der Waals surface area (Å²) in [4.78, 5) is 23.1. The summed E-state index contributed by atoms with van der Waals surface area (Å²) < 4.78 is 1.60. The van der Waals surface area contributed by atoms with Gasteiger partial charge in [0.1, 0.15) is 5.69 Å². The second-order valence-electron chi connectivity index (χ2n) is 4.44. The van der Waals surface area contributed by atoms with Crippen molar-refractivity contribution < 1.29 is 14.7 Å². The maximum atomic E-state index is 12.1. The van der Waals surface area contributed by atoms with E-state index in [-0.39, 0.29) is 11.5 Å². The van der Waals surface area contributed by atoms with Crippen LogP contribution in [0.2, 0.25) is 5.02 Å². The minimum Gasteiger partial charge on any atom is -0.478 e. The van der Waals surface area contributed by atoms with E-state index in [0.717, 1.165) is 0 Å². The number of aromatic carboxylic acids is 1. The smallest absolute Gasteiger partial charge is 0.336 e. The highest BCUT2D eigenvalue weighted by atomic mass is 35.5. The quantitative estimate of drug-likeness (QED) is 0.913. The lowest BCUT2D eigenvalue weighted by molar-refractivity contribution is 0.0695. The van der Waals surface area contributed by atoms with Gasteiger partial charge in [-0.25, -0.2) is 4.79 Å². The third kappa shape index (κ3) is 2.83. The summed E-state index contributed by atoms with van der Waals surface area (Å²) in [6, 6.07) is 6.28. The molecule has 2 aromatic rings. The summed E-state index contributed by atoms with van der Waals surface area (Å²) in [7, 11) is 1.71. The van der Waals surface area contributed by atoms with E-state index in [4.69, 9.17) is 16.7 Å². The third-order valence-corrected chi connectivity index (χ3v) is 3.14. The van der Waals surface area contributed by atoms with E-state index in [0.29, 0.717) is 22.0 Å². The van der Waals surface area contributed by atoms with Gasteiger partial charge in [0.05, 0.1) is 10.6 Å². The first-order chi connectivity index (χ1) is 9.38. The van der Waals surface area contributed by atoms with Crippen LogP contribution in [-0.2, 0) is 7.05 Å². The van der Waals surface area contributed by atoms with Crippen molar-refractivity contribution in [2.24, 2.45) is 7.05 Å². The minimum absolute atomic E-state index is 0.160. The van der Waals surface area contributed by atoms with E-state index in [1.807, 2.05) is 0 Å². The lowest BCUT2D eigenvalue weighted by Crippen LogP contribution is -2.15. The predicted octanol–water partition coefficient (Wildman–Crippen LogP) is 2.94. The minimum atomic E-state index is -1.03. The molecule has 0 atom stereocenters. The number of rotatable bonds is 3. The summed E-state index contributed by atoms with van der Waals surface area (Å²) in [5.74, 6) is -1.37. The van der Waals surface area contributed by atoms with Gasteiger partial charge < -0.3 is 15.0 Å². The van der Waals surface area contributed by atoms with Crippen molar-refractivity contribution in [2.75, 3.05) is 5.32 Å². The number of halogens is 1. The first-order valence-electron chi connectivity index (χ1n) is 5.85. The Morgan fingerprint density at radius 3 is 2.55 bits per heavy atom. The van der Waals surface area contributed by atoms with Crippen molar-refractivity contribution in [1.29, 1.82) is 0 Å². The number of hydrogen-bond acceptors (Lipinski definition) is 2. The monoisotopic (exact) mass is 292 g/mol. The molecule has 1 heterocycles. The van der Waals surface area contributed by atoms with Gasteiger partial charge in [0.25, 0.3) is 5.91 Å². The van der Waals surface area contributed by atoms with Crippen LogP contribution in [-0.4, -0.2) is 21.6 Å². The highest BCUT2D eigenvalue weighted by Crippen LogP contribution is 2.18. The fourth-order valence-corrected chi connectivity index (χ4v) is 2.12. The molecule has 5 nitrogen and oxygen atoms in total. The Bertz CT molecular complexity index is 692. The zero-order valence-electron chi connectivity index (χ0n) is 11.0. The van der Waals surface area contributed by atoms with Crippen LogP contribution < -0.4 is 5.32 Å². The van der Waals surface area contributed by atoms with Gasteiger partial charge in [0.15, 0.2) is 0 Å². The van der Waals surface area contributed by atoms with E-state index >= 15 is 0 Å². The molecule has 0 aliphatic heterocycles. The molecule has 0 unspecified atom stereocenters. The molecule has 1 aromatic heterocycles. The number of carboxylic acids is 1. The SMILES string of the molecule is Cc1ccc(NC(=O)c2cc(Cl)cn2C)cc1C(=O)O. The second-order valence-corrected chi connectivity index (χ2v) is 4.88. The number of amides is 1. The third-order valence-electron chi connectivity index (χ3n) is 2.93. The van der Waals surface area contributed by atoms with E-state index in [1.165, 1.54) is 6.07 Å². The highest BCUT2D eigenvalue weighted by molar-refractivity contribution is 6.31. The fraction of sp³-hybridized carbons (Fsp3) is 0.143. The number of carbonyl (C=O) groups excluding carboxylic acids is 1. The molecule has 104 valence electrons. The Kier molecular flexibility index (Phi) is 3.81. The van der Waals surface area contributed by atoms with Crippen molar-refractivity contribution in [2.45, 2.75) is 6.92 Å². The lowest BCUT2D eigenvalue weighted by Gasteiger charge is -2.08. The van der Waals surface area contributed by atoms with Gasteiger partial charge in [0, 0.05) is 18.9 Å².